The molecular formula is C16H14F3NOS. The van der Waals surface area contributed by atoms with Crippen molar-refractivity contribution in [2.24, 2.45) is 0 Å². The van der Waals surface area contributed by atoms with E-state index in [9.17, 15) is 18.0 Å². The average molecular weight is 325 g/mol. The summed E-state index contributed by atoms with van der Waals surface area (Å²) >= 11 is 1.57. The molecule has 1 fully saturated rings. The minimum Gasteiger partial charge on any atom is -0.331 e. The number of benzene rings is 1. The molecule has 0 aliphatic heterocycles. The minimum atomic E-state index is -4.38. The zero-order valence-corrected chi connectivity index (χ0v) is 12.5. The predicted octanol–water partition coefficient (Wildman–Crippen LogP) is 4.57. The van der Waals surface area contributed by atoms with Crippen molar-refractivity contribution in [1.29, 1.82) is 0 Å². The molecule has 0 spiro atoms. The number of thiophene rings is 1. The van der Waals surface area contributed by atoms with E-state index in [1.165, 1.54) is 12.1 Å². The van der Waals surface area contributed by atoms with Crippen molar-refractivity contribution in [2.75, 3.05) is 0 Å². The largest absolute Gasteiger partial charge is 0.416 e. The summed E-state index contributed by atoms with van der Waals surface area (Å²) in [5.41, 5.74) is -0.434. The van der Waals surface area contributed by atoms with Crippen molar-refractivity contribution < 1.29 is 18.0 Å². The van der Waals surface area contributed by atoms with Gasteiger partial charge in [-0.05, 0) is 48.6 Å². The van der Waals surface area contributed by atoms with Gasteiger partial charge in [0.2, 0.25) is 0 Å². The fourth-order valence-electron chi connectivity index (χ4n) is 2.29. The molecule has 0 atom stereocenters. The second-order valence-electron chi connectivity index (χ2n) is 5.32. The predicted molar refractivity (Wildman–Crippen MR) is 78.7 cm³/mol. The molecule has 6 heteroatoms. The van der Waals surface area contributed by atoms with Crippen LogP contribution in [0.3, 0.4) is 0 Å². The lowest BCUT2D eigenvalue weighted by atomic mass is 10.1. The number of nitrogens with zero attached hydrogens (tertiary/aromatic N) is 1. The summed E-state index contributed by atoms with van der Waals surface area (Å²) in [4.78, 5) is 15.4. The molecule has 116 valence electrons. The van der Waals surface area contributed by atoms with Gasteiger partial charge in [0.15, 0.2) is 0 Å². The van der Waals surface area contributed by atoms with E-state index in [1.54, 1.807) is 16.2 Å². The van der Waals surface area contributed by atoms with Crippen LogP contribution in [0.5, 0.6) is 0 Å². The molecule has 0 saturated heterocycles. The highest BCUT2D eigenvalue weighted by molar-refractivity contribution is 7.09. The number of carbonyl (C=O) groups is 1. The van der Waals surface area contributed by atoms with Crippen LogP contribution in [-0.4, -0.2) is 16.8 Å². The summed E-state index contributed by atoms with van der Waals surface area (Å²) < 4.78 is 37.7. The molecule has 1 amide bonds. The second kappa shape index (κ2) is 5.76. The number of halogens is 3. The van der Waals surface area contributed by atoms with Gasteiger partial charge in [0.25, 0.3) is 5.91 Å². The van der Waals surface area contributed by atoms with Gasteiger partial charge < -0.3 is 4.90 Å². The third-order valence-corrected chi connectivity index (χ3v) is 4.48. The molecule has 0 unspecified atom stereocenters. The van der Waals surface area contributed by atoms with Crippen molar-refractivity contribution in [2.45, 2.75) is 31.6 Å². The highest BCUT2D eigenvalue weighted by Crippen LogP contribution is 2.32. The van der Waals surface area contributed by atoms with Crippen molar-refractivity contribution in [1.82, 2.24) is 4.90 Å². The highest BCUT2D eigenvalue weighted by Gasteiger charge is 2.34. The Morgan fingerprint density at radius 2 is 1.86 bits per heavy atom. The van der Waals surface area contributed by atoms with E-state index in [-0.39, 0.29) is 11.9 Å². The van der Waals surface area contributed by atoms with Crippen LogP contribution in [0, 0.1) is 0 Å². The Labute approximate surface area is 130 Å². The number of hydrogen-bond acceptors (Lipinski definition) is 2. The van der Waals surface area contributed by atoms with Crippen LogP contribution in [0.1, 0.15) is 33.6 Å². The van der Waals surface area contributed by atoms with Gasteiger partial charge in [-0.15, -0.1) is 11.3 Å². The van der Waals surface area contributed by atoms with E-state index < -0.39 is 11.7 Å². The molecule has 1 aromatic heterocycles. The van der Waals surface area contributed by atoms with E-state index in [4.69, 9.17) is 0 Å². The number of rotatable bonds is 4. The number of hydrogen-bond donors (Lipinski definition) is 0. The standard InChI is InChI=1S/C16H14F3NOS/c17-16(18,19)12-5-3-11(4-6-12)15(21)20(13-7-8-13)10-14-2-1-9-22-14/h1-6,9,13H,7-8,10H2. The molecule has 22 heavy (non-hydrogen) atoms. The fourth-order valence-corrected chi connectivity index (χ4v) is 2.99. The van der Waals surface area contributed by atoms with Gasteiger partial charge in [-0.3, -0.25) is 4.79 Å². The topological polar surface area (TPSA) is 20.3 Å². The molecule has 2 nitrogen and oxygen atoms in total. The van der Waals surface area contributed by atoms with Gasteiger partial charge >= 0.3 is 6.18 Å². The Hall–Kier alpha value is -1.82. The van der Waals surface area contributed by atoms with Gasteiger partial charge in [0.1, 0.15) is 0 Å². The van der Waals surface area contributed by atoms with Crippen LogP contribution >= 0.6 is 11.3 Å². The number of amides is 1. The molecule has 3 rings (SSSR count). The van der Waals surface area contributed by atoms with Crippen LogP contribution in [0.2, 0.25) is 0 Å². The van der Waals surface area contributed by atoms with Crippen LogP contribution in [0.25, 0.3) is 0 Å². The van der Waals surface area contributed by atoms with Gasteiger partial charge in [-0.2, -0.15) is 13.2 Å². The summed E-state index contributed by atoms with van der Waals surface area (Å²) in [6.45, 7) is 0.516. The number of carbonyl (C=O) groups excluding carboxylic acids is 1. The summed E-state index contributed by atoms with van der Waals surface area (Å²) in [5.74, 6) is -0.204. The molecular weight excluding hydrogens is 311 g/mol. The zero-order valence-electron chi connectivity index (χ0n) is 11.6. The Kier molecular flexibility index (Phi) is 3.95. The molecule has 1 heterocycles. The lowest BCUT2D eigenvalue weighted by Crippen LogP contribution is -2.32. The molecule has 2 aromatic rings. The lowest BCUT2D eigenvalue weighted by Gasteiger charge is -2.22. The van der Waals surface area contributed by atoms with Crippen molar-refractivity contribution in [3.63, 3.8) is 0 Å². The van der Waals surface area contributed by atoms with Crippen LogP contribution in [-0.2, 0) is 12.7 Å². The Morgan fingerprint density at radius 1 is 1.18 bits per heavy atom. The maximum absolute atomic E-state index is 12.6. The third-order valence-electron chi connectivity index (χ3n) is 3.61. The SMILES string of the molecule is O=C(c1ccc(C(F)(F)F)cc1)N(Cc1cccs1)C1CC1. The Morgan fingerprint density at radius 3 is 2.36 bits per heavy atom. The Balaban J connectivity index is 1.78. The Bertz CT molecular complexity index is 645. The quantitative estimate of drug-likeness (QED) is 0.806. The first-order valence-electron chi connectivity index (χ1n) is 6.96. The zero-order chi connectivity index (χ0) is 15.7. The van der Waals surface area contributed by atoms with E-state index in [0.29, 0.717) is 12.1 Å². The third kappa shape index (κ3) is 3.32. The maximum atomic E-state index is 12.6. The van der Waals surface area contributed by atoms with Crippen LogP contribution in [0.15, 0.2) is 41.8 Å². The lowest BCUT2D eigenvalue weighted by molar-refractivity contribution is -0.137. The number of alkyl halides is 3. The van der Waals surface area contributed by atoms with Gasteiger partial charge in [0, 0.05) is 16.5 Å². The van der Waals surface area contributed by atoms with Gasteiger partial charge in [0.05, 0.1) is 12.1 Å². The molecule has 1 aliphatic rings. The molecule has 0 N–H and O–H groups in total. The molecule has 1 aliphatic carbocycles. The maximum Gasteiger partial charge on any atom is 0.416 e. The van der Waals surface area contributed by atoms with Crippen LogP contribution in [0.4, 0.5) is 13.2 Å². The minimum absolute atomic E-state index is 0.204. The van der Waals surface area contributed by atoms with Crippen molar-refractivity contribution >= 4 is 17.2 Å². The second-order valence-corrected chi connectivity index (χ2v) is 6.35. The summed E-state index contributed by atoms with van der Waals surface area (Å²) in [6, 6.07) is 8.53. The molecule has 0 radical (unpaired) electrons. The molecule has 1 aromatic carbocycles. The van der Waals surface area contributed by atoms with Crippen molar-refractivity contribution in [3.8, 4) is 0 Å². The first kappa shape index (κ1) is 15.1. The first-order valence-corrected chi connectivity index (χ1v) is 7.84. The molecule has 0 bridgehead atoms. The summed E-state index contributed by atoms with van der Waals surface area (Å²) in [7, 11) is 0. The van der Waals surface area contributed by atoms with E-state index in [0.717, 1.165) is 29.9 Å². The smallest absolute Gasteiger partial charge is 0.331 e. The summed E-state index contributed by atoms with van der Waals surface area (Å²) in [5, 5.41) is 1.95. The first-order chi connectivity index (χ1) is 10.4. The normalized spacial score (nSPS) is 14.9. The highest BCUT2D eigenvalue weighted by atomic mass is 32.1. The van der Waals surface area contributed by atoms with Crippen LogP contribution < -0.4 is 0 Å². The van der Waals surface area contributed by atoms with Gasteiger partial charge in [-0.1, -0.05) is 6.07 Å². The van der Waals surface area contributed by atoms with Crippen molar-refractivity contribution in [3.05, 3.63) is 57.8 Å². The molecule has 1 saturated carbocycles. The van der Waals surface area contributed by atoms with Gasteiger partial charge in [-0.25, -0.2) is 0 Å². The fraction of sp³-hybridized carbons (Fsp3) is 0.312. The summed E-state index contributed by atoms with van der Waals surface area (Å²) in [6.07, 6.45) is -2.47. The average Bonchev–Trinajstić information content (AvgIpc) is 3.20. The van der Waals surface area contributed by atoms with E-state index >= 15 is 0 Å². The van der Waals surface area contributed by atoms with E-state index in [2.05, 4.69) is 0 Å². The van der Waals surface area contributed by atoms with E-state index in [1.807, 2.05) is 17.5 Å². The monoisotopic (exact) mass is 325 g/mol.